The number of amides is 1. The number of nitrogens with one attached hydrogen (secondary N) is 1. The topological polar surface area (TPSA) is 68.0 Å². The van der Waals surface area contributed by atoms with Crippen LogP contribution in [0.1, 0.15) is 28.7 Å². The Morgan fingerprint density at radius 1 is 1.24 bits per heavy atom. The summed E-state index contributed by atoms with van der Waals surface area (Å²) in [5.41, 5.74) is 6.44. The summed E-state index contributed by atoms with van der Waals surface area (Å²) >= 11 is 0. The van der Waals surface area contributed by atoms with Gasteiger partial charge in [0.25, 0.3) is 5.91 Å². The minimum Gasteiger partial charge on any atom is -0.497 e. The van der Waals surface area contributed by atoms with Gasteiger partial charge in [0.1, 0.15) is 17.1 Å². The summed E-state index contributed by atoms with van der Waals surface area (Å²) in [6, 6.07) is 13.4. The molecule has 0 bridgehead atoms. The standard InChI is InChI=1S/C19H20N4O2/c1-13(12-15-7-9-16(25-3)10-8-15)21-22-19(24)18-14(2)20-17-6-4-5-11-23(17)18/h4-11H,12H2,1-3H3,(H,22,24)/b21-13-. The van der Waals surface area contributed by atoms with Crippen LogP contribution in [0.2, 0.25) is 0 Å². The first-order valence-corrected chi connectivity index (χ1v) is 7.98. The van der Waals surface area contributed by atoms with Crippen molar-refractivity contribution in [3.63, 3.8) is 0 Å². The minimum absolute atomic E-state index is 0.273. The van der Waals surface area contributed by atoms with Crippen LogP contribution in [-0.2, 0) is 6.42 Å². The molecule has 2 aromatic heterocycles. The molecule has 0 aliphatic carbocycles. The number of aromatic nitrogens is 2. The van der Waals surface area contributed by atoms with Crippen LogP contribution in [0.5, 0.6) is 5.75 Å². The number of aryl methyl sites for hydroxylation is 1. The molecule has 1 aromatic carbocycles. The van der Waals surface area contributed by atoms with E-state index in [2.05, 4.69) is 15.5 Å². The molecule has 3 aromatic rings. The monoisotopic (exact) mass is 336 g/mol. The molecule has 25 heavy (non-hydrogen) atoms. The maximum Gasteiger partial charge on any atom is 0.290 e. The van der Waals surface area contributed by atoms with Gasteiger partial charge in [-0.15, -0.1) is 0 Å². The van der Waals surface area contributed by atoms with Crippen molar-refractivity contribution in [3.05, 3.63) is 65.6 Å². The number of imidazole rings is 1. The number of carbonyl (C=O) groups excluding carboxylic acids is 1. The lowest BCUT2D eigenvalue weighted by Crippen LogP contribution is -2.22. The van der Waals surface area contributed by atoms with Gasteiger partial charge in [0, 0.05) is 18.3 Å². The third kappa shape index (κ3) is 3.68. The van der Waals surface area contributed by atoms with Crippen LogP contribution < -0.4 is 10.2 Å². The summed E-state index contributed by atoms with van der Waals surface area (Å²) in [6.07, 6.45) is 2.47. The van der Waals surface area contributed by atoms with E-state index in [-0.39, 0.29) is 5.91 Å². The highest BCUT2D eigenvalue weighted by Gasteiger charge is 2.15. The molecular weight excluding hydrogens is 316 g/mol. The van der Waals surface area contributed by atoms with E-state index in [1.54, 1.807) is 11.5 Å². The Kier molecular flexibility index (Phi) is 4.79. The summed E-state index contributed by atoms with van der Waals surface area (Å²) in [4.78, 5) is 16.9. The number of hydrogen-bond acceptors (Lipinski definition) is 4. The number of ether oxygens (including phenoxy) is 1. The third-order valence-electron chi connectivity index (χ3n) is 3.89. The van der Waals surface area contributed by atoms with Crippen molar-refractivity contribution in [2.24, 2.45) is 5.10 Å². The minimum atomic E-state index is -0.273. The maximum absolute atomic E-state index is 12.5. The molecule has 0 saturated carbocycles. The Balaban J connectivity index is 1.71. The zero-order valence-corrected chi connectivity index (χ0v) is 14.5. The van der Waals surface area contributed by atoms with E-state index >= 15 is 0 Å². The molecule has 3 rings (SSSR count). The van der Waals surface area contributed by atoms with Crippen LogP contribution in [0, 0.1) is 6.92 Å². The molecule has 0 aliphatic heterocycles. The molecule has 1 N–H and O–H groups in total. The normalized spacial score (nSPS) is 11.6. The van der Waals surface area contributed by atoms with Crippen molar-refractivity contribution >= 4 is 17.3 Å². The second kappa shape index (κ2) is 7.17. The van der Waals surface area contributed by atoms with Gasteiger partial charge < -0.3 is 4.74 Å². The van der Waals surface area contributed by atoms with E-state index in [0.717, 1.165) is 22.7 Å². The molecule has 0 unspecified atom stereocenters. The summed E-state index contributed by atoms with van der Waals surface area (Å²) in [5.74, 6) is 0.542. The molecular formula is C19H20N4O2. The summed E-state index contributed by atoms with van der Waals surface area (Å²) in [5, 5.41) is 4.21. The number of hydrogen-bond donors (Lipinski definition) is 1. The molecule has 0 fully saturated rings. The summed E-state index contributed by atoms with van der Waals surface area (Å²) in [7, 11) is 1.64. The molecule has 0 radical (unpaired) electrons. The quantitative estimate of drug-likeness (QED) is 0.575. The number of nitrogens with zero attached hydrogens (tertiary/aromatic N) is 3. The Labute approximate surface area is 146 Å². The number of fused-ring (bicyclic) bond motifs is 1. The number of hydrazone groups is 1. The Bertz CT molecular complexity index is 926. The lowest BCUT2D eigenvalue weighted by Gasteiger charge is -2.05. The molecule has 0 spiro atoms. The fraction of sp³-hybridized carbons (Fsp3) is 0.211. The van der Waals surface area contributed by atoms with Gasteiger partial charge in [0.2, 0.25) is 0 Å². The highest BCUT2D eigenvalue weighted by molar-refractivity contribution is 5.95. The molecule has 0 aliphatic rings. The second-order valence-electron chi connectivity index (χ2n) is 5.79. The van der Waals surface area contributed by atoms with Crippen molar-refractivity contribution in [3.8, 4) is 5.75 Å². The van der Waals surface area contributed by atoms with Crippen LogP contribution in [0.3, 0.4) is 0 Å². The maximum atomic E-state index is 12.5. The first-order valence-electron chi connectivity index (χ1n) is 7.98. The van der Waals surface area contributed by atoms with E-state index < -0.39 is 0 Å². The van der Waals surface area contributed by atoms with E-state index in [1.165, 1.54) is 0 Å². The predicted octanol–water partition coefficient (Wildman–Crippen LogP) is 3.00. The average Bonchev–Trinajstić information content (AvgIpc) is 2.96. The first-order chi connectivity index (χ1) is 12.1. The van der Waals surface area contributed by atoms with Crippen LogP contribution >= 0.6 is 0 Å². The number of carbonyl (C=O) groups is 1. The Hall–Kier alpha value is -3.15. The fourth-order valence-electron chi connectivity index (χ4n) is 2.66. The largest absolute Gasteiger partial charge is 0.497 e. The molecule has 2 heterocycles. The molecule has 0 saturated heterocycles. The zero-order valence-electron chi connectivity index (χ0n) is 14.5. The Morgan fingerprint density at radius 2 is 2.00 bits per heavy atom. The van der Waals surface area contributed by atoms with Crippen LogP contribution in [-0.4, -0.2) is 28.1 Å². The average molecular weight is 336 g/mol. The van der Waals surface area contributed by atoms with Gasteiger partial charge in [-0.3, -0.25) is 9.20 Å². The van der Waals surface area contributed by atoms with Gasteiger partial charge in [0.05, 0.1) is 12.8 Å². The summed E-state index contributed by atoms with van der Waals surface area (Å²) < 4.78 is 6.91. The van der Waals surface area contributed by atoms with Gasteiger partial charge in [-0.25, -0.2) is 10.4 Å². The lowest BCUT2D eigenvalue weighted by molar-refractivity contribution is 0.0948. The van der Waals surface area contributed by atoms with Gasteiger partial charge in [0.15, 0.2) is 0 Å². The lowest BCUT2D eigenvalue weighted by atomic mass is 10.1. The zero-order chi connectivity index (χ0) is 17.8. The predicted molar refractivity (Wildman–Crippen MR) is 97.2 cm³/mol. The smallest absolute Gasteiger partial charge is 0.290 e. The first kappa shape index (κ1) is 16.7. The van der Waals surface area contributed by atoms with Crippen molar-refractivity contribution in [1.29, 1.82) is 0 Å². The highest BCUT2D eigenvalue weighted by atomic mass is 16.5. The Morgan fingerprint density at radius 3 is 2.72 bits per heavy atom. The highest BCUT2D eigenvalue weighted by Crippen LogP contribution is 2.13. The van der Waals surface area contributed by atoms with E-state index in [1.807, 2.05) is 62.5 Å². The molecule has 128 valence electrons. The van der Waals surface area contributed by atoms with Crippen molar-refractivity contribution in [2.75, 3.05) is 7.11 Å². The fourth-order valence-corrected chi connectivity index (χ4v) is 2.66. The number of pyridine rings is 1. The van der Waals surface area contributed by atoms with Crippen LogP contribution in [0.25, 0.3) is 5.65 Å². The third-order valence-corrected chi connectivity index (χ3v) is 3.89. The molecule has 0 atom stereocenters. The van der Waals surface area contributed by atoms with Crippen molar-refractivity contribution in [1.82, 2.24) is 14.8 Å². The SMILES string of the molecule is COc1ccc(C/C(C)=N\NC(=O)c2c(C)nc3ccccn23)cc1. The van der Waals surface area contributed by atoms with Crippen LogP contribution in [0.4, 0.5) is 0 Å². The molecule has 1 amide bonds. The van der Waals surface area contributed by atoms with Crippen molar-refractivity contribution in [2.45, 2.75) is 20.3 Å². The number of methoxy groups -OCH3 is 1. The van der Waals surface area contributed by atoms with E-state index in [4.69, 9.17) is 4.74 Å². The van der Waals surface area contributed by atoms with E-state index in [0.29, 0.717) is 17.8 Å². The number of benzene rings is 1. The summed E-state index contributed by atoms with van der Waals surface area (Å²) in [6.45, 7) is 3.70. The van der Waals surface area contributed by atoms with Crippen molar-refractivity contribution < 1.29 is 9.53 Å². The van der Waals surface area contributed by atoms with Gasteiger partial charge in [-0.1, -0.05) is 18.2 Å². The van der Waals surface area contributed by atoms with E-state index in [9.17, 15) is 4.79 Å². The second-order valence-corrected chi connectivity index (χ2v) is 5.79. The van der Waals surface area contributed by atoms with Crippen LogP contribution in [0.15, 0.2) is 53.8 Å². The van der Waals surface area contributed by atoms with Gasteiger partial charge in [-0.2, -0.15) is 5.10 Å². The molecule has 6 heteroatoms. The van der Waals surface area contributed by atoms with Gasteiger partial charge >= 0.3 is 0 Å². The number of rotatable bonds is 5. The molecule has 6 nitrogen and oxygen atoms in total. The van der Waals surface area contributed by atoms with Gasteiger partial charge in [-0.05, 0) is 43.7 Å².